The molecule has 3 heterocycles. The van der Waals surface area contributed by atoms with Gasteiger partial charge in [-0.3, -0.25) is 4.98 Å². The average Bonchev–Trinajstić information content (AvgIpc) is 3.53. The van der Waals surface area contributed by atoms with Gasteiger partial charge in [0.15, 0.2) is 9.92 Å². The molecule has 3 amide bonds. The maximum absolute atomic E-state index is 13.5. The lowest BCUT2D eigenvalue weighted by Crippen LogP contribution is -2.39. The third-order valence-electron chi connectivity index (χ3n) is 7.31. The molecule has 0 bridgehead atoms. The molecule has 0 saturated carbocycles. The molecule has 3 aliphatic rings. The number of ether oxygens (including phenoxy) is 2. The summed E-state index contributed by atoms with van der Waals surface area (Å²) in [5.74, 6) is 0.118. The minimum Gasteiger partial charge on any atom is -0.476 e. The third-order valence-corrected chi connectivity index (χ3v) is 8.66. The van der Waals surface area contributed by atoms with Gasteiger partial charge in [-0.2, -0.15) is 5.10 Å². The number of hydrogen-bond acceptors (Lipinski definition) is 7. The highest BCUT2D eigenvalue weighted by molar-refractivity contribution is 7.91. The topological polar surface area (TPSA) is 163 Å². The van der Waals surface area contributed by atoms with Crippen molar-refractivity contribution in [3.63, 3.8) is 0 Å². The minimum atomic E-state index is -3.64. The Labute approximate surface area is 228 Å². The molecule has 0 fully saturated rings. The number of nitrogens with two attached hydrogens (primary N) is 1. The van der Waals surface area contributed by atoms with Crippen LogP contribution in [-0.2, 0) is 45.9 Å². The molecule has 1 aliphatic heterocycles. The number of urea groups is 1. The van der Waals surface area contributed by atoms with Gasteiger partial charge in [-0.15, -0.1) is 4.36 Å². The number of carbonyl (C=O) groups excluding carboxylic acids is 2. The molecule has 0 radical (unpaired) electrons. The molecule has 2 unspecified atom stereocenters. The highest BCUT2D eigenvalue weighted by Crippen LogP contribution is 2.44. The second-order valence-electron chi connectivity index (χ2n) is 12.1. The first-order valence-corrected chi connectivity index (χ1v) is 14.9. The number of aromatic nitrogens is 3. The Kier molecular flexibility index (Phi) is 6.86. The third kappa shape index (κ3) is 5.60. The van der Waals surface area contributed by atoms with Gasteiger partial charge in [-0.05, 0) is 64.0 Å². The number of pyridine rings is 1. The zero-order chi connectivity index (χ0) is 28.2. The van der Waals surface area contributed by atoms with E-state index in [9.17, 15) is 13.8 Å². The van der Waals surface area contributed by atoms with Crippen molar-refractivity contribution in [2.75, 3.05) is 18.5 Å². The molecule has 2 atom stereocenters. The summed E-state index contributed by atoms with van der Waals surface area (Å²) in [7, 11) is -3.64. The standard InChI is InChI=1S/C26H37N7O5S/c1-25(2,3)38-24(35)28-11-15-13-33-22(37-14-15)19(12-29-33)39(27,36)32-23(34)31-20-16-7-6-8-18(16)30-21-17(20)9-10-26(21,4)5/h12,15H,6-11,13-14H2,1-5H3,(H,28,35)(H3,27,30,31,32,34,36). The van der Waals surface area contributed by atoms with Crippen LogP contribution in [0.2, 0.25) is 0 Å². The van der Waals surface area contributed by atoms with E-state index in [1.165, 1.54) is 10.9 Å². The monoisotopic (exact) mass is 559 g/mol. The lowest BCUT2D eigenvalue weighted by molar-refractivity contribution is 0.0502. The number of nitrogens with zero attached hydrogens (tertiary/aromatic N) is 4. The summed E-state index contributed by atoms with van der Waals surface area (Å²) < 4.78 is 29.9. The van der Waals surface area contributed by atoms with Gasteiger partial charge < -0.3 is 20.1 Å². The highest BCUT2D eigenvalue weighted by atomic mass is 32.2. The molecule has 39 heavy (non-hydrogen) atoms. The van der Waals surface area contributed by atoms with E-state index in [1.54, 1.807) is 20.8 Å². The molecule has 12 nitrogen and oxygen atoms in total. The molecule has 2 aromatic rings. The van der Waals surface area contributed by atoms with Crippen LogP contribution < -0.4 is 20.5 Å². The Morgan fingerprint density at radius 2 is 2.05 bits per heavy atom. The fourth-order valence-electron chi connectivity index (χ4n) is 5.43. The van der Waals surface area contributed by atoms with Gasteiger partial charge >= 0.3 is 12.1 Å². The number of rotatable bonds is 4. The van der Waals surface area contributed by atoms with E-state index in [-0.39, 0.29) is 28.7 Å². The van der Waals surface area contributed by atoms with Crippen molar-refractivity contribution in [1.82, 2.24) is 20.1 Å². The molecule has 212 valence electrons. The highest BCUT2D eigenvalue weighted by Gasteiger charge is 2.37. The summed E-state index contributed by atoms with van der Waals surface area (Å²) in [4.78, 5) is 30.0. The van der Waals surface area contributed by atoms with Gasteiger partial charge in [0.2, 0.25) is 5.88 Å². The first-order valence-electron chi connectivity index (χ1n) is 13.3. The molecule has 5 rings (SSSR count). The van der Waals surface area contributed by atoms with Gasteiger partial charge in [-0.25, -0.2) is 23.6 Å². The number of aryl methyl sites for hydroxylation is 1. The van der Waals surface area contributed by atoms with Crippen LogP contribution in [0.25, 0.3) is 0 Å². The predicted molar refractivity (Wildman–Crippen MR) is 145 cm³/mol. The Bertz CT molecular complexity index is 1450. The molecule has 0 spiro atoms. The Morgan fingerprint density at radius 1 is 1.28 bits per heavy atom. The van der Waals surface area contributed by atoms with E-state index in [0.717, 1.165) is 60.3 Å². The van der Waals surface area contributed by atoms with Gasteiger partial charge in [0, 0.05) is 23.6 Å². The molecule has 0 aromatic carbocycles. The van der Waals surface area contributed by atoms with Crippen molar-refractivity contribution in [3.05, 3.63) is 28.7 Å². The van der Waals surface area contributed by atoms with Crippen molar-refractivity contribution < 1.29 is 23.3 Å². The summed E-state index contributed by atoms with van der Waals surface area (Å²) in [6.07, 6.45) is 5.25. The Hall–Kier alpha value is -3.19. The first kappa shape index (κ1) is 27.4. The first-order chi connectivity index (χ1) is 18.2. The maximum atomic E-state index is 13.5. The molecule has 2 aliphatic carbocycles. The molecular weight excluding hydrogens is 522 g/mol. The second kappa shape index (κ2) is 9.77. The number of fused-ring (bicyclic) bond motifs is 3. The van der Waals surface area contributed by atoms with Gasteiger partial charge in [0.1, 0.15) is 10.5 Å². The summed E-state index contributed by atoms with van der Waals surface area (Å²) in [6, 6.07) is -0.773. The molecule has 0 saturated heterocycles. The number of carbonyl (C=O) groups is 2. The van der Waals surface area contributed by atoms with Gasteiger partial charge in [0.25, 0.3) is 0 Å². The van der Waals surface area contributed by atoms with Crippen molar-refractivity contribution >= 4 is 27.7 Å². The van der Waals surface area contributed by atoms with E-state index >= 15 is 0 Å². The summed E-state index contributed by atoms with van der Waals surface area (Å²) in [5, 5.41) is 16.0. The Balaban J connectivity index is 1.31. The fraction of sp³-hybridized carbons (Fsp3) is 0.615. The number of alkyl carbamates (subject to hydrolysis) is 1. The fourth-order valence-corrected chi connectivity index (χ4v) is 6.43. The quantitative estimate of drug-likeness (QED) is 0.516. The van der Waals surface area contributed by atoms with Crippen LogP contribution in [0.5, 0.6) is 5.88 Å². The normalized spacial score (nSPS) is 20.6. The van der Waals surface area contributed by atoms with Crippen LogP contribution in [0.15, 0.2) is 15.5 Å². The van der Waals surface area contributed by atoms with Crippen molar-refractivity contribution in [3.8, 4) is 5.88 Å². The van der Waals surface area contributed by atoms with E-state index in [1.807, 2.05) is 0 Å². The molecular formula is C26H37N7O5S. The molecule has 2 aromatic heterocycles. The van der Waals surface area contributed by atoms with Gasteiger partial charge in [-0.1, -0.05) is 13.8 Å². The number of amides is 3. The van der Waals surface area contributed by atoms with Crippen molar-refractivity contribution in [2.24, 2.45) is 15.4 Å². The lowest BCUT2D eigenvalue weighted by Gasteiger charge is -2.26. The second-order valence-corrected chi connectivity index (χ2v) is 13.9. The minimum absolute atomic E-state index is 0.0579. The van der Waals surface area contributed by atoms with Crippen molar-refractivity contribution in [2.45, 2.75) is 89.2 Å². The SMILES string of the molecule is CC(C)(C)OC(=O)NCC1COc2c(S(N)(=O)=NC(=O)Nc3c4c(nc5c3CCC5(C)C)CCC4)cnn2C1. The van der Waals surface area contributed by atoms with Gasteiger partial charge in [0.05, 0.1) is 30.7 Å². The van der Waals surface area contributed by atoms with E-state index in [2.05, 4.69) is 33.9 Å². The summed E-state index contributed by atoms with van der Waals surface area (Å²) >= 11 is 0. The number of hydrogen-bond donors (Lipinski definition) is 3. The van der Waals surface area contributed by atoms with Crippen LogP contribution in [-0.4, -0.2) is 49.9 Å². The number of nitrogens with one attached hydrogen (secondary N) is 2. The average molecular weight is 560 g/mol. The van der Waals surface area contributed by atoms with Crippen LogP contribution in [0.1, 0.15) is 70.0 Å². The summed E-state index contributed by atoms with van der Waals surface area (Å²) in [6.45, 7) is 10.7. The smallest absolute Gasteiger partial charge is 0.407 e. The van der Waals surface area contributed by atoms with E-state index < -0.39 is 27.6 Å². The van der Waals surface area contributed by atoms with E-state index in [0.29, 0.717) is 13.1 Å². The van der Waals surface area contributed by atoms with Crippen LogP contribution >= 0.6 is 0 Å². The van der Waals surface area contributed by atoms with Crippen LogP contribution in [0.3, 0.4) is 0 Å². The van der Waals surface area contributed by atoms with Crippen LogP contribution in [0.4, 0.5) is 15.3 Å². The van der Waals surface area contributed by atoms with Crippen molar-refractivity contribution in [1.29, 1.82) is 0 Å². The largest absolute Gasteiger partial charge is 0.476 e. The number of anilines is 1. The maximum Gasteiger partial charge on any atom is 0.407 e. The van der Waals surface area contributed by atoms with Crippen LogP contribution in [0, 0.1) is 5.92 Å². The van der Waals surface area contributed by atoms with E-state index in [4.69, 9.17) is 19.6 Å². The zero-order valence-corrected chi connectivity index (χ0v) is 23.9. The Morgan fingerprint density at radius 3 is 2.79 bits per heavy atom. The lowest BCUT2D eigenvalue weighted by atomic mass is 9.90. The zero-order valence-electron chi connectivity index (χ0n) is 23.1. The summed E-state index contributed by atoms with van der Waals surface area (Å²) in [5.41, 5.74) is 4.18. The predicted octanol–water partition coefficient (Wildman–Crippen LogP) is 3.46. The molecule has 13 heteroatoms. The molecule has 4 N–H and O–H groups in total.